The van der Waals surface area contributed by atoms with Crippen LogP contribution in [0.25, 0.3) is 10.9 Å². The van der Waals surface area contributed by atoms with E-state index in [1.165, 1.54) is 0 Å². The number of hydrogen-bond donors (Lipinski definition) is 3. The number of aromatic nitrogens is 1. The summed E-state index contributed by atoms with van der Waals surface area (Å²) in [6.45, 7) is 3.61. The van der Waals surface area contributed by atoms with E-state index in [1.807, 2.05) is 49.5 Å². The van der Waals surface area contributed by atoms with Crippen LogP contribution in [0.3, 0.4) is 0 Å². The van der Waals surface area contributed by atoms with Crippen LogP contribution in [0.1, 0.15) is 44.6 Å². The number of fused-ring (bicyclic) bond motifs is 1. The summed E-state index contributed by atoms with van der Waals surface area (Å²) < 4.78 is 16.8. The molecule has 40 heavy (non-hydrogen) atoms. The van der Waals surface area contributed by atoms with Crippen LogP contribution in [0.4, 0.5) is 5.69 Å². The summed E-state index contributed by atoms with van der Waals surface area (Å²) in [6, 6.07) is 14.9. The molecule has 2 atom stereocenters. The number of aliphatic imine (C=N–C) groups is 1. The number of anilines is 1. The first-order chi connectivity index (χ1) is 19.5. The number of aromatic amines is 1. The second kappa shape index (κ2) is 14.3. The maximum absolute atomic E-state index is 12.5. The lowest BCUT2D eigenvalue weighted by Crippen LogP contribution is -2.32. The fourth-order valence-electron chi connectivity index (χ4n) is 4.67. The first-order valence-corrected chi connectivity index (χ1v) is 13.7. The van der Waals surface area contributed by atoms with Gasteiger partial charge in [-0.2, -0.15) is 5.26 Å². The second-order valence-corrected chi connectivity index (χ2v) is 9.82. The molecule has 2 unspecified atom stereocenters. The van der Waals surface area contributed by atoms with Gasteiger partial charge in [0.25, 0.3) is 0 Å². The molecule has 3 N–H and O–H groups in total. The fraction of sp³-hybridized carbons (Fsp3) is 0.387. The van der Waals surface area contributed by atoms with Crippen LogP contribution >= 0.6 is 0 Å². The molecule has 4 rings (SSSR count). The van der Waals surface area contributed by atoms with E-state index in [2.05, 4.69) is 21.4 Å². The first kappa shape index (κ1) is 28.9. The largest absolute Gasteiger partial charge is 0.491 e. The molecule has 1 aliphatic heterocycles. The second-order valence-electron chi connectivity index (χ2n) is 9.82. The van der Waals surface area contributed by atoms with Crippen molar-refractivity contribution in [3.05, 3.63) is 66.4 Å². The molecule has 2 aromatic carbocycles. The topological polar surface area (TPSA) is 129 Å². The molecule has 0 saturated heterocycles. The minimum Gasteiger partial charge on any atom is -0.491 e. The van der Waals surface area contributed by atoms with Gasteiger partial charge in [-0.3, -0.25) is 9.79 Å². The van der Waals surface area contributed by atoms with Crippen molar-refractivity contribution in [3.8, 4) is 17.6 Å². The number of H-pyrrole nitrogens is 1. The van der Waals surface area contributed by atoms with Gasteiger partial charge in [-0.15, -0.1) is 0 Å². The monoisotopic (exact) mass is 544 g/mol. The number of benzene rings is 2. The number of rotatable bonds is 16. The van der Waals surface area contributed by atoms with Gasteiger partial charge in [0.2, 0.25) is 5.91 Å². The summed E-state index contributed by atoms with van der Waals surface area (Å²) in [4.78, 5) is 20.3. The molecular formula is C31H36N4O5. The van der Waals surface area contributed by atoms with Crippen molar-refractivity contribution >= 4 is 28.7 Å². The zero-order chi connectivity index (χ0) is 28.2. The highest BCUT2D eigenvalue weighted by atomic mass is 16.5. The van der Waals surface area contributed by atoms with E-state index in [-0.39, 0.29) is 12.5 Å². The maximum atomic E-state index is 12.5. The van der Waals surface area contributed by atoms with Crippen molar-refractivity contribution < 1.29 is 24.1 Å². The Morgan fingerprint density at radius 1 is 1.18 bits per heavy atom. The Kier molecular flexibility index (Phi) is 10.3. The highest BCUT2D eigenvalue weighted by Crippen LogP contribution is 2.31. The Morgan fingerprint density at radius 2 is 2.08 bits per heavy atom. The third kappa shape index (κ3) is 8.18. The maximum Gasteiger partial charge on any atom is 0.224 e. The van der Waals surface area contributed by atoms with Crippen LogP contribution in [-0.4, -0.2) is 60.3 Å². The Bertz CT molecular complexity index is 1360. The van der Waals surface area contributed by atoms with Gasteiger partial charge in [-0.1, -0.05) is 13.0 Å². The SMILES string of the molecule is CCCOCCOc1ccc(OCC(O)CC2(CCCC(=O)Nc3ccc4[nH]ccc4c3)C=CC=N2)c(C#N)c1. The lowest BCUT2D eigenvalue weighted by Gasteiger charge is -2.27. The zero-order valence-electron chi connectivity index (χ0n) is 22.8. The smallest absolute Gasteiger partial charge is 0.224 e. The number of nitriles is 1. The van der Waals surface area contributed by atoms with E-state index in [4.69, 9.17) is 14.2 Å². The van der Waals surface area contributed by atoms with E-state index < -0.39 is 11.6 Å². The fourth-order valence-corrected chi connectivity index (χ4v) is 4.67. The summed E-state index contributed by atoms with van der Waals surface area (Å²) in [5.74, 6) is 0.873. The number of carbonyl (C=O) groups excluding carboxylic acids is 1. The third-order valence-electron chi connectivity index (χ3n) is 6.61. The molecule has 0 saturated carbocycles. The van der Waals surface area contributed by atoms with Gasteiger partial charge < -0.3 is 29.6 Å². The number of hydrogen-bond acceptors (Lipinski definition) is 7. The Hall–Kier alpha value is -4.13. The number of allylic oxidation sites excluding steroid dienone is 1. The molecule has 9 heteroatoms. The molecule has 0 aliphatic carbocycles. The molecule has 0 spiro atoms. The summed E-state index contributed by atoms with van der Waals surface area (Å²) in [6.07, 6.45) is 9.44. The molecule has 3 aromatic rings. The molecule has 9 nitrogen and oxygen atoms in total. The summed E-state index contributed by atoms with van der Waals surface area (Å²) >= 11 is 0. The van der Waals surface area contributed by atoms with Crippen molar-refractivity contribution in [2.24, 2.45) is 4.99 Å². The van der Waals surface area contributed by atoms with Crippen molar-refractivity contribution in [1.82, 2.24) is 4.98 Å². The summed E-state index contributed by atoms with van der Waals surface area (Å²) in [5, 5.41) is 24.3. The minimum absolute atomic E-state index is 0.00691. The van der Waals surface area contributed by atoms with Gasteiger partial charge in [0.1, 0.15) is 30.8 Å². The van der Waals surface area contributed by atoms with Crippen LogP contribution in [0.2, 0.25) is 0 Å². The van der Waals surface area contributed by atoms with Gasteiger partial charge in [0.15, 0.2) is 0 Å². The standard InChI is InChI=1S/C31H36N4O5/c1-2-15-38-16-17-39-27-7-9-29(24(19-27)21-32)40-22-26(36)20-31(12-4-13-34-31)11-3-5-30(37)35-25-6-8-28-23(18-25)10-14-33-28/h4,6-10,12-14,18-19,26,33,36H,2-3,5,11,15-17,20,22H2,1H3,(H,35,37). The number of carbonyl (C=O) groups is 1. The normalized spacial score (nSPS) is 16.6. The van der Waals surface area contributed by atoms with Gasteiger partial charge >= 0.3 is 0 Å². The Labute approximate surface area is 234 Å². The van der Waals surface area contributed by atoms with E-state index in [1.54, 1.807) is 24.4 Å². The van der Waals surface area contributed by atoms with Gasteiger partial charge in [0, 0.05) is 54.5 Å². The van der Waals surface area contributed by atoms with E-state index in [0.29, 0.717) is 62.6 Å². The van der Waals surface area contributed by atoms with Gasteiger partial charge in [-0.25, -0.2) is 0 Å². The molecular weight excluding hydrogens is 508 g/mol. The molecule has 1 aliphatic rings. The minimum atomic E-state index is -0.819. The number of ether oxygens (including phenoxy) is 3. The van der Waals surface area contributed by atoms with E-state index >= 15 is 0 Å². The van der Waals surface area contributed by atoms with Crippen LogP contribution in [-0.2, 0) is 9.53 Å². The summed E-state index contributed by atoms with van der Waals surface area (Å²) in [5.41, 5.74) is 1.51. The number of aliphatic hydroxyl groups is 1. The number of nitrogens with one attached hydrogen (secondary N) is 2. The van der Waals surface area contributed by atoms with Gasteiger partial charge in [-0.05, 0) is 61.7 Å². The number of amides is 1. The van der Waals surface area contributed by atoms with Crippen LogP contribution in [0, 0.1) is 11.3 Å². The molecule has 1 amide bonds. The lowest BCUT2D eigenvalue weighted by molar-refractivity contribution is -0.116. The van der Waals surface area contributed by atoms with Crippen LogP contribution in [0.5, 0.6) is 11.5 Å². The van der Waals surface area contributed by atoms with Crippen molar-refractivity contribution in [2.45, 2.75) is 50.7 Å². The number of aliphatic hydroxyl groups excluding tert-OH is 1. The molecule has 1 aromatic heterocycles. The molecule has 0 radical (unpaired) electrons. The predicted octanol–water partition coefficient (Wildman–Crippen LogP) is 5.16. The molecule has 0 fully saturated rings. The average molecular weight is 545 g/mol. The average Bonchev–Trinajstić information content (AvgIpc) is 3.61. The highest BCUT2D eigenvalue weighted by Gasteiger charge is 2.31. The quantitative estimate of drug-likeness (QED) is 0.214. The molecule has 210 valence electrons. The van der Waals surface area contributed by atoms with Crippen molar-refractivity contribution in [2.75, 3.05) is 31.7 Å². The molecule has 2 heterocycles. The van der Waals surface area contributed by atoms with Gasteiger partial charge in [0.05, 0.1) is 23.8 Å². The Balaban J connectivity index is 1.23. The third-order valence-corrected chi connectivity index (χ3v) is 6.61. The Morgan fingerprint density at radius 3 is 2.88 bits per heavy atom. The summed E-state index contributed by atoms with van der Waals surface area (Å²) in [7, 11) is 0. The lowest BCUT2D eigenvalue weighted by atomic mass is 9.88. The van der Waals surface area contributed by atoms with Crippen molar-refractivity contribution in [3.63, 3.8) is 0 Å². The predicted molar refractivity (Wildman–Crippen MR) is 155 cm³/mol. The van der Waals surface area contributed by atoms with Crippen LogP contribution in [0.15, 0.2) is 65.8 Å². The van der Waals surface area contributed by atoms with Crippen LogP contribution < -0.4 is 14.8 Å². The zero-order valence-corrected chi connectivity index (χ0v) is 22.8. The van der Waals surface area contributed by atoms with E-state index in [9.17, 15) is 15.2 Å². The number of nitrogens with zero attached hydrogens (tertiary/aromatic N) is 2. The highest BCUT2D eigenvalue weighted by molar-refractivity contribution is 5.93. The van der Waals surface area contributed by atoms with Crippen molar-refractivity contribution in [1.29, 1.82) is 5.26 Å². The first-order valence-electron chi connectivity index (χ1n) is 13.7. The molecule has 0 bridgehead atoms. The van der Waals surface area contributed by atoms with E-state index in [0.717, 1.165) is 23.0 Å².